The third-order valence-electron chi connectivity index (χ3n) is 3.38. The van der Waals surface area contributed by atoms with Gasteiger partial charge < -0.3 is 10.7 Å². The van der Waals surface area contributed by atoms with E-state index < -0.39 is 10.1 Å². The van der Waals surface area contributed by atoms with Crippen LogP contribution in [0, 0.1) is 13.8 Å². The number of benzene rings is 2. The van der Waals surface area contributed by atoms with E-state index in [4.69, 9.17) is 10.3 Å². The second-order valence-corrected chi connectivity index (χ2v) is 6.79. The molecule has 0 atom stereocenters. The zero-order chi connectivity index (χ0) is 17.9. The smallest absolute Gasteiger partial charge is 0.294 e. The van der Waals surface area contributed by atoms with Gasteiger partial charge in [-0.1, -0.05) is 23.8 Å². The summed E-state index contributed by atoms with van der Waals surface area (Å²) in [5.41, 5.74) is 8.75. The summed E-state index contributed by atoms with van der Waals surface area (Å²) in [6.07, 6.45) is 0. The number of carbonyl (C=O) groups is 1. The Morgan fingerprint density at radius 3 is 2.25 bits per heavy atom. The standard InChI is InChI=1S/C10H10N2O.C7H8O3S/c1-6-5-8-7(10(11)13)3-2-4-9(8)12-6;1-6-2-4-7(5-3-6)11(8,9)10/h2-5,12H,1H3,(H2,11,13);2-5H,1H3,(H,8,9,10). The molecule has 0 saturated carbocycles. The molecular weight excluding hydrogens is 328 g/mol. The van der Waals surface area contributed by atoms with Gasteiger partial charge in [0.2, 0.25) is 5.91 Å². The molecule has 1 aromatic heterocycles. The first-order chi connectivity index (χ1) is 11.2. The van der Waals surface area contributed by atoms with E-state index in [9.17, 15) is 13.2 Å². The van der Waals surface area contributed by atoms with Gasteiger partial charge in [0.1, 0.15) is 0 Å². The number of fused-ring (bicyclic) bond motifs is 1. The highest BCUT2D eigenvalue weighted by Crippen LogP contribution is 2.18. The Labute approximate surface area is 140 Å². The highest BCUT2D eigenvalue weighted by atomic mass is 32.2. The van der Waals surface area contributed by atoms with Gasteiger partial charge in [-0.15, -0.1) is 0 Å². The largest absolute Gasteiger partial charge is 0.366 e. The van der Waals surface area contributed by atoms with Crippen molar-refractivity contribution in [2.24, 2.45) is 5.73 Å². The average molecular weight is 346 g/mol. The zero-order valence-electron chi connectivity index (χ0n) is 13.3. The highest BCUT2D eigenvalue weighted by Gasteiger charge is 2.07. The number of aromatic nitrogens is 1. The quantitative estimate of drug-likeness (QED) is 0.619. The molecule has 1 heterocycles. The molecule has 2 aromatic carbocycles. The van der Waals surface area contributed by atoms with E-state index in [1.54, 1.807) is 18.2 Å². The highest BCUT2D eigenvalue weighted by molar-refractivity contribution is 7.85. The van der Waals surface area contributed by atoms with Crippen molar-refractivity contribution in [3.8, 4) is 0 Å². The third-order valence-corrected chi connectivity index (χ3v) is 4.25. The van der Waals surface area contributed by atoms with E-state index in [1.165, 1.54) is 12.1 Å². The molecular formula is C17H18N2O4S. The van der Waals surface area contributed by atoms with Gasteiger partial charge in [-0.2, -0.15) is 8.42 Å². The van der Waals surface area contributed by atoms with E-state index in [2.05, 4.69) is 4.98 Å². The Morgan fingerprint density at radius 1 is 1.08 bits per heavy atom. The monoisotopic (exact) mass is 346 g/mol. The van der Waals surface area contributed by atoms with Gasteiger partial charge in [-0.05, 0) is 44.2 Å². The van der Waals surface area contributed by atoms with Crippen LogP contribution in [-0.4, -0.2) is 23.9 Å². The molecule has 1 amide bonds. The Hall–Kier alpha value is -2.64. The maximum absolute atomic E-state index is 11.0. The van der Waals surface area contributed by atoms with Crippen LogP contribution in [0.15, 0.2) is 53.4 Å². The summed E-state index contributed by atoms with van der Waals surface area (Å²) < 4.78 is 29.6. The van der Waals surface area contributed by atoms with Gasteiger partial charge in [-0.3, -0.25) is 9.35 Å². The summed E-state index contributed by atoms with van der Waals surface area (Å²) in [5.74, 6) is -0.385. The van der Waals surface area contributed by atoms with Crippen LogP contribution in [0.5, 0.6) is 0 Å². The SMILES string of the molecule is Cc1cc2c(C(N)=O)cccc2[nH]1.Cc1ccc(S(=O)(=O)O)cc1. The summed E-state index contributed by atoms with van der Waals surface area (Å²) in [7, 11) is -4.02. The van der Waals surface area contributed by atoms with Crippen molar-refractivity contribution in [1.29, 1.82) is 0 Å². The van der Waals surface area contributed by atoms with Gasteiger partial charge in [0.15, 0.2) is 0 Å². The van der Waals surface area contributed by atoms with Crippen LogP contribution in [0.1, 0.15) is 21.6 Å². The van der Waals surface area contributed by atoms with Crippen LogP contribution in [-0.2, 0) is 10.1 Å². The molecule has 3 aromatic rings. The average Bonchev–Trinajstić information content (AvgIpc) is 2.87. The van der Waals surface area contributed by atoms with Crippen LogP contribution in [0.25, 0.3) is 10.9 Å². The van der Waals surface area contributed by atoms with E-state index in [0.717, 1.165) is 22.2 Å². The lowest BCUT2D eigenvalue weighted by Gasteiger charge is -1.95. The fourth-order valence-electron chi connectivity index (χ4n) is 2.22. The Balaban J connectivity index is 0.000000177. The summed E-state index contributed by atoms with van der Waals surface area (Å²) in [6.45, 7) is 3.79. The molecule has 0 spiro atoms. The van der Waals surface area contributed by atoms with E-state index in [1.807, 2.05) is 32.0 Å². The number of carbonyl (C=O) groups excluding carboxylic acids is 1. The number of rotatable bonds is 2. The van der Waals surface area contributed by atoms with Crippen molar-refractivity contribution in [3.05, 3.63) is 65.4 Å². The number of amides is 1. The van der Waals surface area contributed by atoms with Crippen molar-refractivity contribution in [1.82, 2.24) is 4.98 Å². The van der Waals surface area contributed by atoms with E-state index in [-0.39, 0.29) is 10.8 Å². The first kappa shape index (κ1) is 17.7. The number of hydrogen-bond acceptors (Lipinski definition) is 3. The van der Waals surface area contributed by atoms with Crippen LogP contribution >= 0.6 is 0 Å². The number of aromatic amines is 1. The van der Waals surface area contributed by atoms with E-state index in [0.29, 0.717) is 5.56 Å². The number of nitrogens with two attached hydrogens (primary N) is 1. The second-order valence-electron chi connectivity index (χ2n) is 5.37. The fourth-order valence-corrected chi connectivity index (χ4v) is 2.70. The Kier molecular flexibility index (Phi) is 5.06. The first-order valence-electron chi connectivity index (χ1n) is 7.11. The molecule has 4 N–H and O–H groups in total. The molecule has 0 bridgehead atoms. The fraction of sp³-hybridized carbons (Fsp3) is 0.118. The predicted octanol–water partition coefficient (Wildman–Crippen LogP) is 2.82. The molecule has 3 rings (SSSR count). The third kappa shape index (κ3) is 4.21. The summed E-state index contributed by atoms with van der Waals surface area (Å²) >= 11 is 0. The van der Waals surface area contributed by atoms with Crippen molar-refractivity contribution in [2.75, 3.05) is 0 Å². The van der Waals surface area contributed by atoms with Crippen LogP contribution < -0.4 is 5.73 Å². The molecule has 7 heteroatoms. The lowest BCUT2D eigenvalue weighted by molar-refractivity contribution is 0.100. The normalized spacial score (nSPS) is 11.0. The van der Waals surface area contributed by atoms with Gasteiger partial charge in [0.05, 0.1) is 4.90 Å². The molecule has 126 valence electrons. The number of primary amides is 1. The van der Waals surface area contributed by atoms with Gasteiger partial charge in [0, 0.05) is 22.2 Å². The molecule has 0 aliphatic heterocycles. The summed E-state index contributed by atoms with van der Waals surface area (Å²) in [4.78, 5) is 14.1. The lowest BCUT2D eigenvalue weighted by atomic mass is 10.1. The molecule has 6 nitrogen and oxygen atoms in total. The molecule has 0 fully saturated rings. The summed E-state index contributed by atoms with van der Waals surface area (Å²) in [5, 5.41) is 0.896. The minimum absolute atomic E-state index is 0.0666. The van der Waals surface area contributed by atoms with E-state index >= 15 is 0 Å². The number of hydrogen-bond donors (Lipinski definition) is 3. The van der Waals surface area contributed by atoms with Crippen LogP contribution in [0.2, 0.25) is 0 Å². The molecule has 0 aliphatic rings. The molecule has 24 heavy (non-hydrogen) atoms. The molecule has 0 unspecified atom stereocenters. The molecule has 0 radical (unpaired) electrons. The van der Waals surface area contributed by atoms with Gasteiger partial charge in [0.25, 0.3) is 10.1 Å². The van der Waals surface area contributed by atoms with Crippen molar-refractivity contribution in [2.45, 2.75) is 18.7 Å². The van der Waals surface area contributed by atoms with Gasteiger partial charge >= 0.3 is 0 Å². The predicted molar refractivity (Wildman–Crippen MR) is 92.5 cm³/mol. The first-order valence-corrected chi connectivity index (χ1v) is 8.55. The van der Waals surface area contributed by atoms with Crippen molar-refractivity contribution >= 4 is 26.9 Å². The topological polar surface area (TPSA) is 113 Å². The number of nitrogens with one attached hydrogen (secondary N) is 1. The maximum Gasteiger partial charge on any atom is 0.294 e. The van der Waals surface area contributed by atoms with Crippen molar-refractivity contribution < 1.29 is 17.8 Å². The second kappa shape index (κ2) is 6.86. The maximum atomic E-state index is 11.0. The summed E-state index contributed by atoms with van der Waals surface area (Å²) in [6, 6.07) is 13.4. The number of aryl methyl sites for hydroxylation is 2. The van der Waals surface area contributed by atoms with Gasteiger partial charge in [-0.25, -0.2) is 0 Å². The minimum Gasteiger partial charge on any atom is -0.366 e. The molecule has 0 saturated heterocycles. The Morgan fingerprint density at radius 2 is 1.71 bits per heavy atom. The van der Waals surface area contributed by atoms with Crippen LogP contribution in [0.4, 0.5) is 0 Å². The van der Waals surface area contributed by atoms with Crippen molar-refractivity contribution in [3.63, 3.8) is 0 Å². The minimum atomic E-state index is -4.02. The zero-order valence-corrected chi connectivity index (χ0v) is 14.1. The lowest BCUT2D eigenvalue weighted by Crippen LogP contribution is -2.10. The Bertz CT molecular complexity index is 973. The van der Waals surface area contributed by atoms with Crippen LogP contribution in [0.3, 0.4) is 0 Å². The molecule has 0 aliphatic carbocycles. The number of H-pyrrole nitrogens is 1.